The van der Waals surface area contributed by atoms with Crippen LogP contribution >= 0.6 is 0 Å². The Balaban J connectivity index is 0.000000472. The minimum absolute atomic E-state index is 0.0838. The van der Waals surface area contributed by atoms with Crippen LogP contribution in [0.5, 0.6) is 23.0 Å². The SMILES string of the molecule is C=C(C)C.CC1(C)C=Cc2cc3c(cc2O1)OCC1(O)c2ccc(O)cc2OC31. The molecule has 5 heteroatoms. The maximum Gasteiger partial charge on any atom is 0.168 e. The van der Waals surface area contributed by atoms with Crippen LogP contribution in [0.25, 0.3) is 6.08 Å². The minimum atomic E-state index is -1.28. The van der Waals surface area contributed by atoms with Gasteiger partial charge in [-0.25, -0.2) is 0 Å². The number of phenols is 1. The maximum atomic E-state index is 11.2. The molecule has 2 aromatic carbocycles. The van der Waals surface area contributed by atoms with Gasteiger partial charge in [0.25, 0.3) is 0 Å². The molecule has 0 saturated heterocycles. The summed E-state index contributed by atoms with van der Waals surface area (Å²) in [6.07, 6.45) is 3.43. The summed E-state index contributed by atoms with van der Waals surface area (Å²) in [5.74, 6) is 1.99. The van der Waals surface area contributed by atoms with Crippen LogP contribution in [-0.2, 0) is 5.60 Å². The molecule has 2 atom stereocenters. The molecule has 3 aliphatic rings. The van der Waals surface area contributed by atoms with Gasteiger partial charge in [-0.3, -0.25) is 0 Å². The molecular formula is C24H26O5. The van der Waals surface area contributed by atoms with Crippen molar-refractivity contribution in [3.63, 3.8) is 0 Å². The van der Waals surface area contributed by atoms with Crippen molar-refractivity contribution in [1.82, 2.24) is 0 Å². The van der Waals surface area contributed by atoms with E-state index in [1.165, 1.54) is 11.6 Å². The number of aliphatic hydroxyl groups is 1. The molecular weight excluding hydrogens is 368 g/mol. The van der Waals surface area contributed by atoms with Crippen LogP contribution in [-0.4, -0.2) is 22.4 Å². The van der Waals surface area contributed by atoms with E-state index >= 15 is 0 Å². The van der Waals surface area contributed by atoms with Gasteiger partial charge in [0.05, 0.1) is 0 Å². The van der Waals surface area contributed by atoms with Crippen LogP contribution < -0.4 is 14.2 Å². The molecule has 0 saturated carbocycles. The van der Waals surface area contributed by atoms with Crippen molar-refractivity contribution in [2.45, 2.75) is 45.0 Å². The van der Waals surface area contributed by atoms with Crippen molar-refractivity contribution >= 4 is 6.08 Å². The first kappa shape index (κ1) is 19.4. The molecule has 3 heterocycles. The summed E-state index contributed by atoms with van der Waals surface area (Å²) in [5.41, 5.74) is 1.85. The molecule has 0 amide bonds. The average Bonchev–Trinajstić information content (AvgIpc) is 2.91. The van der Waals surface area contributed by atoms with Gasteiger partial charge in [-0.05, 0) is 52.0 Å². The molecule has 0 aliphatic carbocycles. The summed E-state index contributed by atoms with van der Waals surface area (Å²) in [6, 6.07) is 8.55. The quantitative estimate of drug-likeness (QED) is 0.624. The minimum Gasteiger partial charge on any atom is -0.508 e. The Morgan fingerprint density at radius 3 is 2.55 bits per heavy atom. The zero-order valence-corrected chi connectivity index (χ0v) is 17.2. The van der Waals surface area contributed by atoms with Crippen molar-refractivity contribution in [3.05, 3.63) is 65.3 Å². The zero-order valence-electron chi connectivity index (χ0n) is 17.2. The summed E-state index contributed by atoms with van der Waals surface area (Å²) >= 11 is 0. The molecule has 2 unspecified atom stereocenters. The molecule has 0 spiro atoms. The van der Waals surface area contributed by atoms with E-state index in [4.69, 9.17) is 14.2 Å². The van der Waals surface area contributed by atoms with E-state index in [1.807, 2.05) is 52.0 Å². The first-order chi connectivity index (χ1) is 13.6. The monoisotopic (exact) mass is 394 g/mol. The second kappa shape index (κ2) is 6.56. The fraction of sp³-hybridized carbons (Fsp3) is 0.333. The Kier molecular flexibility index (Phi) is 4.39. The van der Waals surface area contributed by atoms with Crippen LogP contribution in [0.2, 0.25) is 0 Å². The lowest BCUT2D eigenvalue weighted by Crippen LogP contribution is -2.41. The third-order valence-electron chi connectivity index (χ3n) is 5.02. The predicted molar refractivity (Wildman–Crippen MR) is 112 cm³/mol. The fourth-order valence-electron chi connectivity index (χ4n) is 3.75. The van der Waals surface area contributed by atoms with Gasteiger partial charge in [-0.1, -0.05) is 11.6 Å². The van der Waals surface area contributed by atoms with Crippen LogP contribution in [0.4, 0.5) is 0 Å². The highest BCUT2D eigenvalue weighted by atomic mass is 16.5. The number of rotatable bonds is 0. The van der Waals surface area contributed by atoms with Crippen LogP contribution in [0.15, 0.2) is 48.6 Å². The third kappa shape index (κ3) is 3.36. The standard InChI is InChI=1S/C20H18O5.C4H8/c1-19(2)6-5-11-7-13-16(9-15(11)25-19)23-10-20(22)14-4-3-12(21)8-17(14)24-18(13)20;1-4(2)3/h3-9,18,21-22H,10H2,1-2H3;1H2,2-3H3. The summed E-state index contributed by atoms with van der Waals surface area (Å²) in [7, 11) is 0. The molecule has 152 valence electrons. The van der Waals surface area contributed by atoms with Crippen LogP contribution in [0, 0.1) is 0 Å². The fourth-order valence-corrected chi connectivity index (χ4v) is 3.75. The highest BCUT2D eigenvalue weighted by Crippen LogP contribution is 2.55. The number of allylic oxidation sites excluding steroid dienone is 1. The number of benzene rings is 2. The Labute approximate surface area is 170 Å². The van der Waals surface area contributed by atoms with E-state index in [2.05, 4.69) is 6.58 Å². The van der Waals surface area contributed by atoms with Gasteiger partial charge in [0.2, 0.25) is 0 Å². The Bertz CT molecular complexity index is 1020. The van der Waals surface area contributed by atoms with E-state index in [-0.39, 0.29) is 18.0 Å². The van der Waals surface area contributed by atoms with Gasteiger partial charge < -0.3 is 24.4 Å². The van der Waals surface area contributed by atoms with Gasteiger partial charge >= 0.3 is 0 Å². The van der Waals surface area contributed by atoms with E-state index < -0.39 is 11.7 Å². The number of fused-ring (bicyclic) bond motifs is 6. The largest absolute Gasteiger partial charge is 0.508 e. The molecule has 5 rings (SSSR count). The maximum absolute atomic E-state index is 11.2. The van der Waals surface area contributed by atoms with Gasteiger partial charge in [-0.2, -0.15) is 0 Å². The second-order valence-corrected chi connectivity index (χ2v) is 8.57. The molecule has 0 radical (unpaired) electrons. The lowest BCUT2D eigenvalue weighted by Gasteiger charge is -2.36. The molecule has 0 bridgehead atoms. The highest BCUT2D eigenvalue weighted by molar-refractivity contribution is 5.66. The molecule has 2 aromatic rings. The Morgan fingerprint density at radius 1 is 1.10 bits per heavy atom. The summed E-state index contributed by atoms with van der Waals surface area (Å²) < 4.78 is 17.9. The Hall–Kier alpha value is -2.92. The number of hydrogen-bond donors (Lipinski definition) is 2. The molecule has 29 heavy (non-hydrogen) atoms. The highest BCUT2D eigenvalue weighted by Gasteiger charge is 2.53. The van der Waals surface area contributed by atoms with Crippen molar-refractivity contribution in [3.8, 4) is 23.0 Å². The predicted octanol–water partition coefficient (Wildman–Crippen LogP) is 4.87. The summed E-state index contributed by atoms with van der Waals surface area (Å²) in [5, 5.41) is 20.9. The second-order valence-electron chi connectivity index (χ2n) is 8.57. The first-order valence-corrected chi connectivity index (χ1v) is 9.63. The van der Waals surface area contributed by atoms with Gasteiger partial charge in [0, 0.05) is 28.8 Å². The van der Waals surface area contributed by atoms with E-state index in [1.54, 1.807) is 12.1 Å². The molecule has 0 fully saturated rings. The van der Waals surface area contributed by atoms with E-state index in [0.29, 0.717) is 17.1 Å². The van der Waals surface area contributed by atoms with Crippen LogP contribution in [0.3, 0.4) is 0 Å². The number of ether oxygens (including phenoxy) is 3. The summed E-state index contributed by atoms with van der Waals surface area (Å²) in [6.45, 7) is 11.6. The van der Waals surface area contributed by atoms with Gasteiger partial charge in [-0.15, -0.1) is 6.58 Å². The normalized spacial score (nSPS) is 24.2. The van der Waals surface area contributed by atoms with Crippen molar-refractivity contribution in [1.29, 1.82) is 0 Å². The Morgan fingerprint density at radius 2 is 1.83 bits per heavy atom. The molecule has 5 nitrogen and oxygen atoms in total. The van der Waals surface area contributed by atoms with Crippen molar-refractivity contribution in [2.75, 3.05) is 6.61 Å². The smallest absolute Gasteiger partial charge is 0.168 e. The third-order valence-corrected chi connectivity index (χ3v) is 5.02. The zero-order chi connectivity index (χ0) is 21.0. The number of hydrogen-bond acceptors (Lipinski definition) is 5. The van der Waals surface area contributed by atoms with Gasteiger partial charge in [0.1, 0.15) is 35.2 Å². The van der Waals surface area contributed by atoms with E-state index in [0.717, 1.165) is 16.9 Å². The van der Waals surface area contributed by atoms with Crippen molar-refractivity contribution in [2.24, 2.45) is 0 Å². The van der Waals surface area contributed by atoms with Crippen LogP contribution in [0.1, 0.15) is 50.5 Å². The average molecular weight is 394 g/mol. The lowest BCUT2D eigenvalue weighted by molar-refractivity contribution is -0.0864. The summed E-state index contributed by atoms with van der Waals surface area (Å²) in [4.78, 5) is 0. The number of phenolic OH excluding ortho intramolecular Hbond substituents is 1. The van der Waals surface area contributed by atoms with Gasteiger partial charge in [0.15, 0.2) is 11.7 Å². The topological polar surface area (TPSA) is 68.2 Å². The molecule has 3 aliphatic heterocycles. The first-order valence-electron chi connectivity index (χ1n) is 9.63. The molecule has 0 aromatic heterocycles. The number of aromatic hydroxyl groups is 1. The van der Waals surface area contributed by atoms with E-state index in [9.17, 15) is 10.2 Å². The molecule has 2 N–H and O–H groups in total. The lowest BCUT2D eigenvalue weighted by atomic mass is 9.84. The van der Waals surface area contributed by atoms with Crippen molar-refractivity contribution < 1.29 is 24.4 Å².